The lowest BCUT2D eigenvalue weighted by atomic mass is 10.1. The number of carbonyl (C=O) groups excluding carboxylic acids is 3. The van der Waals surface area contributed by atoms with E-state index in [4.69, 9.17) is 14.2 Å². The van der Waals surface area contributed by atoms with Gasteiger partial charge in [-0.25, -0.2) is 0 Å². The maximum Gasteiger partial charge on any atom is 0.309 e. The van der Waals surface area contributed by atoms with Crippen LogP contribution in [0.2, 0.25) is 0 Å². The first-order chi connectivity index (χ1) is 13.0. The summed E-state index contributed by atoms with van der Waals surface area (Å²) in [5, 5.41) is 0. The number of rotatable bonds is 8. The van der Waals surface area contributed by atoms with Gasteiger partial charge in [0, 0.05) is 17.5 Å². The molecule has 140 valence electrons. The van der Waals surface area contributed by atoms with E-state index in [1.54, 1.807) is 42.5 Å². The molecule has 6 nitrogen and oxygen atoms in total. The molecule has 1 aliphatic heterocycles. The summed E-state index contributed by atoms with van der Waals surface area (Å²) in [5.74, 6) is 0.582. The molecule has 0 aliphatic carbocycles. The van der Waals surface area contributed by atoms with E-state index in [0.29, 0.717) is 23.5 Å². The molecule has 0 N–H and O–H groups in total. The minimum Gasteiger partial charge on any atom is -0.493 e. The summed E-state index contributed by atoms with van der Waals surface area (Å²) < 4.78 is 15.9. The second kappa shape index (κ2) is 8.49. The Morgan fingerprint density at radius 1 is 1.04 bits per heavy atom. The molecule has 2 aromatic rings. The molecular weight excluding hydrogens is 348 g/mol. The molecule has 27 heavy (non-hydrogen) atoms. The van der Waals surface area contributed by atoms with Gasteiger partial charge >= 0.3 is 5.97 Å². The molecule has 1 aliphatic rings. The molecule has 0 amide bonds. The van der Waals surface area contributed by atoms with E-state index < -0.39 is 5.97 Å². The van der Waals surface area contributed by atoms with Crippen molar-refractivity contribution in [3.05, 3.63) is 59.2 Å². The Morgan fingerprint density at radius 2 is 1.78 bits per heavy atom. The van der Waals surface area contributed by atoms with Crippen molar-refractivity contribution in [1.29, 1.82) is 0 Å². The SMILES string of the molecule is CC(=O)c1ccc(OCCC(=O)OCC(=O)c2ccc3c(c2)CCO3)cc1. The van der Waals surface area contributed by atoms with Crippen LogP contribution >= 0.6 is 0 Å². The molecule has 6 heteroatoms. The molecule has 0 saturated heterocycles. The highest BCUT2D eigenvalue weighted by molar-refractivity contribution is 5.98. The summed E-state index contributed by atoms with van der Waals surface area (Å²) >= 11 is 0. The van der Waals surface area contributed by atoms with Gasteiger partial charge in [0.15, 0.2) is 18.2 Å². The van der Waals surface area contributed by atoms with Crippen molar-refractivity contribution in [2.45, 2.75) is 19.8 Å². The molecule has 0 atom stereocenters. The van der Waals surface area contributed by atoms with Crippen LogP contribution in [0.5, 0.6) is 11.5 Å². The molecule has 0 bridgehead atoms. The zero-order valence-electron chi connectivity index (χ0n) is 15.0. The average Bonchev–Trinajstić information content (AvgIpc) is 3.14. The van der Waals surface area contributed by atoms with Gasteiger partial charge in [0.2, 0.25) is 0 Å². The Kier molecular flexibility index (Phi) is 5.86. The van der Waals surface area contributed by atoms with Gasteiger partial charge in [0.1, 0.15) is 11.5 Å². The molecule has 2 aromatic carbocycles. The maximum absolute atomic E-state index is 12.2. The van der Waals surface area contributed by atoms with Crippen molar-refractivity contribution >= 4 is 17.5 Å². The number of Topliss-reactive ketones (excluding diaryl/α,β-unsaturated/α-hetero) is 2. The summed E-state index contributed by atoms with van der Waals surface area (Å²) in [6.45, 7) is 1.94. The number of hydrogen-bond acceptors (Lipinski definition) is 6. The van der Waals surface area contributed by atoms with Crippen LogP contribution in [0, 0.1) is 0 Å². The van der Waals surface area contributed by atoms with Gasteiger partial charge in [-0.2, -0.15) is 0 Å². The lowest BCUT2D eigenvalue weighted by molar-refractivity contribution is -0.143. The number of hydrogen-bond donors (Lipinski definition) is 0. The third-order valence-electron chi connectivity index (χ3n) is 4.21. The fraction of sp³-hybridized carbons (Fsp3) is 0.286. The highest BCUT2D eigenvalue weighted by atomic mass is 16.5. The first-order valence-corrected chi connectivity index (χ1v) is 8.71. The van der Waals surface area contributed by atoms with Crippen LogP contribution in [-0.4, -0.2) is 37.4 Å². The Bertz CT molecular complexity index is 853. The molecule has 0 fully saturated rings. The maximum atomic E-state index is 12.2. The molecule has 1 heterocycles. The quantitative estimate of drug-likeness (QED) is 0.526. The minimum atomic E-state index is -0.506. The molecule has 0 spiro atoms. The van der Waals surface area contributed by atoms with Crippen molar-refractivity contribution in [3.8, 4) is 11.5 Å². The van der Waals surface area contributed by atoms with E-state index in [2.05, 4.69) is 0 Å². The Labute approximate surface area is 157 Å². The number of fused-ring (bicyclic) bond motifs is 1. The average molecular weight is 368 g/mol. The molecule has 0 aromatic heterocycles. The third kappa shape index (κ3) is 4.94. The van der Waals surface area contributed by atoms with Crippen molar-refractivity contribution in [2.24, 2.45) is 0 Å². The molecule has 0 saturated carbocycles. The van der Waals surface area contributed by atoms with E-state index >= 15 is 0 Å². The Morgan fingerprint density at radius 3 is 2.52 bits per heavy atom. The van der Waals surface area contributed by atoms with Gasteiger partial charge in [-0.15, -0.1) is 0 Å². The van der Waals surface area contributed by atoms with Crippen LogP contribution in [0.25, 0.3) is 0 Å². The van der Waals surface area contributed by atoms with E-state index in [-0.39, 0.29) is 31.2 Å². The predicted octanol–water partition coefficient (Wildman–Crippen LogP) is 3.02. The summed E-state index contributed by atoms with van der Waals surface area (Å²) in [4.78, 5) is 35.1. The molecule has 3 rings (SSSR count). The largest absolute Gasteiger partial charge is 0.493 e. The summed E-state index contributed by atoms with van der Waals surface area (Å²) in [6.07, 6.45) is 0.806. The van der Waals surface area contributed by atoms with Gasteiger partial charge in [-0.05, 0) is 55.0 Å². The summed E-state index contributed by atoms with van der Waals surface area (Å²) in [7, 11) is 0. The lowest BCUT2D eigenvalue weighted by Crippen LogP contribution is -2.16. The van der Waals surface area contributed by atoms with Crippen LogP contribution in [0.1, 0.15) is 39.6 Å². The van der Waals surface area contributed by atoms with Gasteiger partial charge in [0.25, 0.3) is 0 Å². The highest BCUT2D eigenvalue weighted by Gasteiger charge is 2.16. The topological polar surface area (TPSA) is 78.9 Å². The standard InChI is InChI=1S/C21H20O6/c1-14(22)15-2-5-18(6-3-15)25-11-9-21(24)27-13-19(23)16-4-7-20-17(12-16)8-10-26-20/h2-7,12H,8-11,13H2,1H3. The number of ketones is 2. The second-order valence-electron chi connectivity index (χ2n) is 6.18. The van der Waals surface area contributed by atoms with Crippen molar-refractivity contribution in [2.75, 3.05) is 19.8 Å². The first kappa shape index (κ1) is 18.6. The van der Waals surface area contributed by atoms with Crippen LogP contribution in [0.15, 0.2) is 42.5 Å². The van der Waals surface area contributed by atoms with Crippen molar-refractivity contribution in [3.63, 3.8) is 0 Å². The normalized spacial score (nSPS) is 12.0. The lowest BCUT2D eigenvalue weighted by Gasteiger charge is -2.08. The summed E-state index contributed by atoms with van der Waals surface area (Å²) in [6, 6.07) is 11.9. The fourth-order valence-corrected chi connectivity index (χ4v) is 2.70. The van der Waals surface area contributed by atoms with Crippen LogP contribution < -0.4 is 9.47 Å². The second-order valence-corrected chi connectivity index (χ2v) is 6.18. The van der Waals surface area contributed by atoms with E-state index in [1.165, 1.54) is 6.92 Å². The Hall–Kier alpha value is -3.15. The third-order valence-corrected chi connectivity index (χ3v) is 4.21. The van der Waals surface area contributed by atoms with Crippen molar-refractivity contribution in [1.82, 2.24) is 0 Å². The predicted molar refractivity (Wildman–Crippen MR) is 97.5 cm³/mol. The molecule has 0 unspecified atom stereocenters. The number of ether oxygens (including phenoxy) is 3. The van der Waals surface area contributed by atoms with Crippen LogP contribution in [0.3, 0.4) is 0 Å². The van der Waals surface area contributed by atoms with E-state index in [9.17, 15) is 14.4 Å². The van der Waals surface area contributed by atoms with E-state index in [1.807, 2.05) is 0 Å². The van der Waals surface area contributed by atoms with Gasteiger partial charge in [-0.3, -0.25) is 14.4 Å². The number of benzene rings is 2. The van der Waals surface area contributed by atoms with Crippen LogP contribution in [0.4, 0.5) is 0 Å². The smallest absolute Gasteiger partial charge is 0.309 e. The fourth-order valence-electron chi connectivity index (χ4n) is 2.70. The number of esters is 1. The summed E-state index contributed by atoms with van der Waals surface area (Å²) in [5.41, 5.74) is 2.10. The highest BCUT2D eigenvalue weighted by Crippen LogP contribution is 2.26. The Balaban J connectivity index is 1.40. The van der Waals surface area contributed by atoms with Crippen LogP contribution in [-0.2, 0) is 16.0 Å². The van der Waals surface area contributed by atoms with Gasteiger partial charge < -0.3 is 14.2 Å². The number of carbonyl (C=O) groups is 3. The zero-order valence-corrected chi connectivity index (χ0v) is 15.0. The monoisotopic (exact) mass is 368 g/mol. The van der Waals surface area contributed by atoms with Crippen molar-refractivity contribution < 1.29 is 28.6 Å². The van der Waals surface area contributed by atoms with Gasteiger partial charge in [0.05, 0.1) is 19.6 Å². The zero-order chi connectivity index (χ0) is 19.2. The van der Waals surface area contributed by atoms with E-state index in [0.717, 1.165) is 17.7 Å². The first-order valence-electron chi connectivity index (χ1n) is 8.71. The van der Waals surface area contributed by atoms with Gasteiger partial charge in [-0.1, -0.05) is 0 Å². The molecule has 0 radical (unpaired) electrons. The molecular formula is C21H20O6. The minimum absolute atomic E-state index is 0.0225.